The second-order valence-corrected chi connectivity index (χ2v) is 4.01. The molecule has 0 radical (unpaired) electrons. The van der Waals surface area contributed by atoms with Crippen molar-refractivity contribution in [1.82, 2.24) is 0 Å². The largest absolute Gasteiger partial charge is 0.416 e. The van der Waals surface area contributed by atoms with Crippen molar-refractivity contribution in [3.8, 4) is 0 Å². The summed E-state index contributed by atoms with van der Waals surface area (Å²) < 4.78 is 74.4. The van der Waals surface area contributed by atoms with E-state index >= 15 is 0 Å². The van der Waals surface area contributed by atoms with Crippen molar-refractivity contribution < 1.29 is 26.3 Å². The molecular formula is C11H12F6N2. The van der Waals surface area contributed by atoms with Gasteiger partial charge in [-0.25, -0.2) is 0 Å². The fourth-order valence-corrected chi connectivity index (χ4v) is 1.62. The van der Waals surface area contributed by atoms with Crippen LogP contribution in [0.2, 0.25) is 0 Å². The molecule has 19 heavy (non-hydrogen) atoms. The normalized spacial score (nSPS) is 12.6. The average molecular weight is 286 g/mol. The number of halogens is 6. The van der Waals surface area contributed by atoms with Gasteiger partial charge in [0, 0.05) is 19.3 Å². The molecule has 0 saturated carbocycles. The van der Waals surface area contributed by atoms with Crippen LogP contribution < -0.4 is 10.6 Å². The Morgan fingerprint density at radius 1 is 1.11 bits per heavy atom. The molecule has 2 nitrogen and oxygen atoms in total. The van der Waals surface area contributed by atoms with Crippen molar-refractivity contribution in [2.24, 2.45) is 5.73 Å². The number of hydrogen-bond donors (Lipinski definition) is 1. The van der Waals surface area contributed by atoms with Crippen LogP contribution in [-0.2, 0) is 12.7 Å². The summed E-state index contributed by atoms with van der Waals surface area (Å²) in [5, 5.41) is 0. The van der Waals surface area contributed by atoms with Crippen molar-refractivity contribution in [2.45, 2.75) is 18.9 Å². The maximum absolute atomic E-state index is 12.6. The Morgan fingerprint density at radius 3 is 2.11 bits per heavy atom. The number of hydrogen-bond acceptors (Lipinski definition) is 2. The molecule has 0 heterocycles. The van der Waals surface area contributed by atoms with E-state index in [-0.39, 0.29) is 11.3 Å². The molecule has 0 fully saturated rings. The van der Waals surface area contributed by atoms with Gasteiger partial charge in [-0.15, -0.1) is 0 Å². The molecule has 0 aliphatic heterocycles. The lowest BCUT2D eigenvalue weighted by Crippen LogP contribution is -2.31. The van der Waals surface area contributed by atoms with Crippen LogP contribution in [0.1, 0.15) is 11.1 Å². The molecule has 0 amide bonds. The van der Waals surface area contributed by atoms with Gasteiger partial charge in [0.05, 0.1) is 5.56 Å². The van der Waals surface area contributed by atoms with Crippen molar-refractivity contribution in [2.75, 3.05) is 18.5 Å². The summed E-state index contributed by atoms with van der Waals surface area (Å²) in [4.78, 5) is 0.819. The van der Waals surface area contributed by atoms with Gasteiger partial charge < -0.3 is 10.6 Å². The molecule has 0 unspecified atom stereocenters. The van der Waals surface area contributed by atoms with Gasteiger partial charge in [-0.1, -0.05) is 0 Å². The highest BCUT2D eigenvalue weighted by molar-refractivity contribution is 5.51. The van der Waals surface area contributed by atoms with E-state index in [9.17, 15) is 26.3 Å². The predicted molar refractivity (Wildman–Crippen MR) is 58.7 cm³/mol. The Balaban J connectivity index is 3.07. The minimum Gasteiger partial charge on any atom is -0.366 e. The van der Waals surface area contributed by atoms with Crippen LogP contribution in [0.4, 0.5) is 32.0 Å². The van der Waals surface area contributed by atoms with Crippen LogP contribution >= 0.6 is 0 Å². The summed E-state index contributed by atoms with van der Waals surface area (Å²) in [6, 6.07) is 2.76. The van der Waals surface area contributed by atoms with E-state index in [2.05, 4.69) is 0 Å². The molecule has 1 aromatic rings. The molecule has 2 N–H and O–H groups in total. The third kappa shape index (κ3) is 4.30. The number of alkyl halides is 6. The standard InChI is InChI=1S/C11H12F6N2/c1-19(6-10(12,13)14)8-2-3-9(11(15,16)17)7(4-8)5-18/h2-4H,5-6,18H2,1H3. The van der Waals surface area contributed by atoms with E-state index in [0.717, 1.165) is 30.1 Å². The molecular weight excluding hydrogens is 274 g/mol. The van der Waals surface area contributed by atoms with E-state index in [0.29, 0.717) is 0 Å². The van der Waals surface area contributed by atoms with Gasteiger partial charge in [0.2, 0.25) is 0 Å². The molecule has 8 heteroatoms. The van der Waals surface area contributed by atoms with Crippen molar-refractivity contribution in [1.29, 1.82) is 0 Å². The summed E-state index contributed by atoms with van der Waals surface area (Å²) in [6.45, 7) is -1.65. The maximum atomic E-state index is 12.6. The van der Waals surface area contributed by atoms with Crippen LogP contribution in [0.3, 0.4) is 0 Å². The quantitative estimate of drug-likeness (QED) is 0.865. The van der Waals surface area contributed by atoms with Crippen molar-refractivity contribution >= 4 is 5.69 Å². The third-order valence-electron chi connectivity index (χ3n) is 2.47. The maximum Gasteiger partial charge on any atom is 0.416 e. The van der Waals surface area contributed by atoms with Gasteiger partial charge in [-0.2, -0.15) is 26.3 Å². The Kier molecular flexibility index (Phi) is 4.34. The minimum atomic E-state index is -4.57. The zero-order chi connectivity index (χ0) is 14.8. The summed E-state index contributed by atoms with van der Waals surface area (Å²) in [5.74, 6) is 0. The monoisotopic (exact) mass is 286 g/mol. The summed E-state index contributed by atoms with van der Waals surface area (Å²) in [6.07, 6.45) is -9.00. The van der Waals surface area contributed by atoms with Gasteiger partial charge in [0.25, 0.3) is 0 Å². The smallest absolute Gasteiger partial charge is 0.366 e. The van der Waals surface area contributed by atoms with Gasteiger partial charge in [0.1, 0.15) is 6.54 Å². The first-order chi connectivity index (χ1) is 8.54. The number of nitrogens with two attached hydrogens (primary N) is 1. The van der Waals surface area contributed by atoms with Crippen LogP contribution in [0, 0.1) is 0 Å². The molecule has 0 atom stereocenters. The Hall–Kier alpha value is -1.44. The number of anilines is 1. The number of nitrogens with zero attached hydrogens (tertiary/aromatic N) is 1. The Bertz CT molecular complexity index is 438. The van der Waals surface area contributed by atoms with Crippen LogP contribution in [0.15, 0.2) is 18.2 Å². The zero-order valence-corrected chi connectivity index (χ0v) is 9.94. The van der Waals surface area contributed by atoms with Crippen molar-refractivity contribution in [3.63, 3.8) is 0 Å². The summed E-state index contributed by atoms with van der Waals surface area (Å²) in [5.41, 5.74) is 4.07. The summed E-state index contributed by atoms with van der Waals surface area (Å²) >= 11 is 0. The minimum absolute atomic E-state index is 0.0331. The SMILES string of the molecule is CN(CC(F)(F)F)c1ccc(C(F)(F)F)c(CN)c1. The van der Waals surface area contributed by atoms with E-state index in [4.69, 9.17) is 5.73 Å². The molecule has 108 valence electrons. The molecule has 0 bridgehead atoms. The zero-order valence-electron chi connectivity index (χ0n) is 9.94. The van der Waals surface area contributed by atoms with Gasteiger partial charge in [-0.05, 0) is 23.8 Å². The fraction of sp³-hybridized carbons (Fsp3) is 0.455. The molecule has 0 aromatic heterocycles. The Morgan fingerprint density at radius 2 is 1.68 bits per heavy atom. The van der Waals surface area contributed by atoms with Gasteiger partial charge in [0.15, 0.2) is 0 Å². The van der Waals surface area contributed by atoms with Crippen LogP contribution in [0.5, 0.6) is 0 Å². The van der Waals surface area contributed by atoms with Gasteiger partial charge >= 0.3 is 12.4 Å². The first kappa shape index (κ1) is 15.6. The first-order valence-corrected chi connectivity index (χ1v) is 5.22. The molecule has 0 aliphatic rings. The van der Waals surface area contributed by atoms with E-state index < -0.39 is 31.0 Å². The predicted octanol–water partition coefficient (Wildman–Crippen LogP) is 3.16. The lowest BCUT2D eigenvalue weighted by molar-refractivity contribution is -0.138. The lowest BCUT2D eigenvalue weighted by Gasteiger charge is -2.22. The third-order valence-corrected chi connectivity index (χ3v) is 2.47. The highest BCUT2D eigenvalue weighted by Gasteiger charge is 2.34. The van der Waals surface area contributed by atoms with E-state index in [1.807, 2.05) is 0 Å². The second-order valence-electron chi connectivity index (χ2n) is 4.01. The second kappa shape index (κ2) is 5.28. The first-order valence-electron chi connectivity index (χ1n) is 5.22. The highest BCUT2D eigenvalue weighted by atomic mass is 19.4. The lowest BCUT2D eigenvalue weighted by atomic mass is 10.1. The highest BCUT2D eigenvalue weighted by Crippen LogP contribution is 2.34. The molecule has 1 aromatic carbocycles. The molecule has 0 spiro atoms. The van der Waals surface area contributed by atoms with Crippen LogP contribution in [-0.4, -0.2) is 19.8 Å². The van der Waals surface area contributed by atoms with Crippen LogP contribution in [0.25, 0.3) is 0 Å². The van der Waals surface area contributed by atoms with Crippen molar-refractivity contribution in [3.05, 3.63) is 29.3 Å². The molecule has 0 aliphatic carbocycles. The number of rotatable bonds is 3. The fourth-order valence-electron chi connectivity index (χ4n) is 1.62. The average Bonchev–Trinajstić information content (AvgIpc) is 2.24. The molecule has 0 saturated heterocycles. The Labute approximate surface area is 105 Å². The summed E-state index contributed by atoms with van der Waals surface area (Å²) in [7, 11) is 1.15. The van der Waals surface area contributed by atoms with E-state index in [1.54, 1.807) is 0 Å². The molecule has 1 rings (SSSR count). The van der Waals surface area contributed by atoms with Gasteiger partial charge in [-0.3, -0.25) is 0 Å². The van der Waals surface area contributed by atoms with E-state index in [1.165, 1.54) is 0 Å². The number of benzene rings is 1. The topological polar surface area (TPSA) is 29.3 Å².